The molecule has 1 aliphatic carbocycles. The maximum Gasteiger partial charge on any atom is 0.173 e. The zero-order valence-corrected chi connectivity index (χ0v) is 11.4. The molecule has 15 heavy (non-hydrogen) atoms. The third-order valence-corrected chi connectivity index (χ3v) is 5.37. The van der Waals surface area contributed by atoms with Crippen molar-refractivity contribution in [1.82, 2.24) is 0 Å². The van der Waals surface area contributed by atoms with Gasteiger partial charge in [0.15, 0.2) is 5.06 Å². The molecule has 3 heteroatoms. The Balaban J connectivity index is 2.12. The van der Waals surface area contributed by atoms with Crippen molar-refractivity contribution in [2.24, 2.45) is 0 Å². The van der Waals surface area contributed by atoms with E-state index in [1.807, 2.05) is 0 Å². The average molecular weight is 289 g/mol. The second-order valence-corrected chi connectivity index (χ2v) is 6.38. The molecule has 1 saturated carbocycles. The summed E-state index contributed by atoms with van der Waals surface area (Å²) in [6, 6.07) is 4.32. The number of rotatable bonds is 2. The van der Waals surface area contributed by atoms with E-state index in [1.54, 1.807) is 18.4 Å². The van der Waals surface area contributed by atoms with E-state index >= 15 is 0 Å². The summed E-state index contributed by atoms with van der Waals surface area (Å²) in [5.74, 6) is 0.696. The lowest BCUT2D eigenvalue weighted by atomic mass is 9.99. The Morgan fingerprint density at radius 1 is 1.27 bits per heavy atom. The molecule has 0 bridgehead atoms. The number of halogens is 1. The molecule has 2 rings (SSSR count). The fourth-order valence-electron chi connectivity index (χ4n) is 2.23. The van der Waals surface area contributed by atoms with Crippen LogP contribution in [0.1, 0.15) is 42.9 Å². The molecule has 0 aliphatic heterocycles. The highest BCUT2D eigenvalue weighted by atomic mass is 79.9. The summed E-state index contributed by atoms with van der Waals surface area (Å²) in [6.45, 7) is 0. The smallest absolute Gasteiger partial charge is 0.173 e. The van der Waals surface area contributed by atoms with Gasteiger partial charge in [0.25, 0.3) is 0 Å². The fraction of sp³-hybridized carbons (Fsp3) is 0.667. The maximum absolute atomic E-state index is 5.26. The molecule has 1 nitrogen and oxygen atoms in total. The Bertz CT molecular complexity index is 310. The number of ether oxygens (including phenoxy) is 1. The van der Waals surface area contributed by atoms with Gasteiger partial charge in [-0.15, -0.1) is 11.3 Å². The topological polar surface area (TPSA) is 9.23 Å². The largest absolute Gasteiger partial charge is 0.487 e. The van der Waals surface area contributed by atoms with Crippen molar-refractivity contribution < 1.29 is 4.74 Å². The van der Waals surface area contributed by atoms with Gasteiger partial charge >= 0.3 is 0 Å². The molecule has 2 unspecified atom stereocenters. The standard InChI is InChI=1S/C12H17BrOS/c1-14-12-8-7-11(15-12)9-5-3-2-4-6-10(9)13/h7-10H,2-6H2,1H3. The number of thiophene rings is 1. The van der Waals surface area contributed by atoms with E-state index in [9.17, 15) is 0 Å². The first-order valence-electron chi connectivity index (χ1n) is 5.59. The molecule has 1 aromatic heterocycles. The molecule has 84 valence electrons. The van der Waals surface area contributed by atoms with E-state index < -0.39 is 0 Å². The normalized spacial score (nSPS) is 27.3. The van der Waals surface area contributed by atoms with Crippen LogP contribution in [0.3, 0.4) is 0 Å². The second kappa shape index (κ2) is 5.35. The molecule has 1 heterocycles. The minimum Gasteiger partial charge on any atom is -0.487 e. The minimum atomic E-state index is 0.656. The number of methoxy groups -OCH3 is 1. The lowest BCUT2D eigenvalue weighted by molar-refractivity contribution is 0.427. The maximum atomic E-state index is 5.26. The van der Waals surface area contributed by atoms with Crippen LogP contribution in [0.4, 0.5) is 0 Å². The van der Waals surface area contributed by atoms with Crippen molar-refractivity contribution in [2.45, 2.75) is 42.8 Å². The summed E-state index contributed by atoms with van der Waals surface area (Å²) >= 11 is 5.64. The van der Waals surface area contributed by atoms with Crippen molar-refractivity contribution in [3.05, 3.63) is 17.0 Å². The molecule has 1 aliphatic rings. The van der Waals surface area contributed by atoms with Gasteiger partial charge in [0, 0.05) is 15.6 Å². The molecule has 0 N–H and O–H groups in total. The predicted octanol–water partition coefficient (Wildman–Crippen LogP) is 4.57. The van der Waals surface area contributed by atoms with Crippen LogP contribution in [-0.2, 0) is 0 Å². The minimum absolute atomic E-state index is 0.656. The van der Waals surface area contributed by atoms with Gasteiger partial charge in [-0.2, -0.15) is 0 Å². The lowest BCUT2D eigenvalue weighted by Crippen LogP contribution is -2.08. The van der Waals surface area contributed by atoms with Crippen molar-refractivity contribution in [3.8, 4) is 5.06 Å². The molecule has 1 aromatic rings. The highest BCUT2D eigenvalue weighted by Gasteiger charge is 2.24. The molecule has 1 fully saturated rings. The first-order chi connectivity index (χ1) is 7.31. The van der Waals surface area contributed by atoms with Gasteiger partial charge in [-0.05, 0) is 25.0 Å². The third-order valence-electron chi connectivity index (χ3n) is 3.10. The lowest BCUT2D eigenvalue weighted by Gasteiger charge is -2.17. The van der Waals surface area contributed by atoms with Crippen LogP contribution in [0.25, 0.3) is 0 Å². The number of hydrogen-bond acceptors (Lipinski definition) is 2. The summed E-state index contributed by atoms with van der Waals surface area (Å²) in [4.78, 5) is 2.14. The summed E-state index contributed by atoms with van der Waals surface area (Å²) in [5, 5.41) is 1.04. The SMILES string of the molecule is COc1ccc(C2CCCCCC2Br)s1. The molecule has 2 atom stereocenters. The van der Waals surface area contributed by atoms with Gasteiger partial charge in [-0.1, -0.05) is 35.2 Å². The van der Waals surface area contributed by atoms with Gasteiger partial charge in [-0.25, -0.2) is 0 Å². The third kappa shape index (κ3) is 2.76. The van der Waals surface area contributed by atoms with Gasteiger partial charge in [0.2, 0.25) is 0 Å². The summed E-state index contributed by atoms with van der Waals surface area (Å²) in [7, 11) is 1.74. The van der Waals surface area contributed by atoms with E-state index in [4.69, 9.17) is 4.74 Å². The fourth-order valence-corrected chi connectivity index (χ4v) is 4.30. The van der Waals surface area contributed by atoms with E-state index in [1.165, 1.54) is 37.0 Å². The average Bonchev–Trinajstić information content (AvgIpc) is 2.62. The first-order valence-corrected chi connectivity index (χ1v) is 7.32. The zero-order valence-electron chi connectivity index (χ0n) is 9.04. The van der Waals surface area contributed by atoms with Crippen LogP contribution in [0.15, 0.2) is 12.1 Å². The van der Waals surface area contributed by atoms with Gasteiger partial charge < -0.3 is 4.74 Å². The zero-order chi connectivity index (χ0) is 10.7. The van der Waals surface area contributed by atoms with Crippen molar-refractivity contribution in [2.75, 3.05) is 7.11 Å². The van der Waals surface area contributed by atoms with Crippen LogP contribution in [0.5, 0.6) is 5.06 Å². The van der Waals surface area contributed by atoms with Crippen LogP contribution < -0.4 is 4.74 Å². The Morgan fingerprint density at radius 2 is 2.07 bits per heavy atom. The molecule has 0 spiro atoms. The second-order valence-electron chi connectivity index (χ2n) is 4.12. The molecule has 0 aromatic carbocycles. The monoisotopic (exact) mass is 288 g/mol. The van der Waals surface area contributed by atoms with E-state index in [0.717, 1.165) is 5.06 Å². The van der Waals surface area contributed by atoms with Crippen LogP contribution >= 0.6 is 27.3 Å². The summed E-state index contributed by atoms with van der Waals surface area (Å²) in [5.41, 5.74) is 0. The Hall–Kier alpha value is -0.0200. The Labute approximate surface area is 104 Å². The van der Waals surface area contributed by atoms with Gasteiger partial charge in [0.05, 0.1) is 7.11 Å². The predicted molar refractivity (Wildman–Crippen MR) is 69.4 cm³/mol. The molecular formula is C12H17BrOS. The molecule has 0 radical (unpaired) electrons. The van der Waals surface area contributed by atoms with Gasteiger partial charge in [-0.3, -0.25) is 0 Å². The van der Waals surface area contributed by atoms with Crippen molar-refractivity contribution >= 4 is 27.3 Å². The quantitative estimate of drug-likeness (QED) is 0.572. The highest BCUT2D eigenvalue weighted by molar-refractivity contribution is 9.09. The summed E-state index contributed by atoms with van der Waals surface area (Å²) in [6.07, 6.45) is 6.76. The Morgan fingerprint density at radius 3 is 2.80 bits per heavy atom. The van der Waals surface area contributed by atoms with Crippen molar-refractivity contribution in [3.63, 3.8) is 0 Å². The first kappa shape index (κ1) is 11.5. The molecule has 0 amide bonds. The molecule has 0 saturated heterocycles. The highest BCUT2D eigenvalue weighted by Crippen LogP contribution is 2.40. The Kier molecular flexibility index (Phi) is 4.09. The molecular weight excluding hydrogens is 272 g/mol. The summed E-state index contributed by atoms with van der Waals surface area (Å²) < 4.78 is 5.26. The van der Waals surface area contributed by atoms with E-state index in [2.05, 4.69) is 28.1 Å². The van der Waals surface area contributed by atoms with Crippen LogP contribution in [0, 0.1) is 0 Å². The van der Waals surface area contributed by atoms with E-state index in [0.29, 0.717) is 10.7 Å². The van der Waals surface area contributed by atoms with E-state index in [-0.39, 0.29) is 0 Å². The van der Waals surface area contributed by atoms with Gasteiger partial charge in [0.1, 0.15) is 0 Å². The van der Waals surface area contributed by atoms with Crippen LogP contribution in [0.2, 0.25) is 0 Å². The number of alkyl halides is 1. The van der Waals surface area contributed by atoms with Crippen LogP contribution in [-0.4, -0.2) is 11.9 Å². The van der Waals surface area contributed by atoms with Crippen molar-refractivity contribution in [1.29, 1.82) is 0 Å². The number of hydrogen-bond donors (Lipinski definition) is 0.